The van der Waals surface area contributed by atoms with Crippen molar-refractivity contribution in [1.29, 1.82) is 0 Å². The first kappa shape index (κ1) is 16.3. The molecule has 0 fully saturated rings. The number of ether oxygens (including phenoxy) is 1. The number of halogens is 3. The van der Waals surface area contributed by atoms with E-state index in [-0.39, 0.29) is 10.6 Å². The normalized spacial score (nSPS) is 12.3. The molecule has 2 nitrogen and oxygen atoms in total. The summed E-state index contributed by atoms with van der Waals surface area (Å²) in [5.41, 5.74) is 2.31. The lowest BCUT2D eigenvalue weighted by Gasteiger charge is -2.21. The number of hydrogen-bond donors (Lipinski definition) is 1. The van der Waals surface area contributed by atoms with Crippen molar-refractivity contribution in [3.63, 3.8) is 0 Å². The van der Waals surface area contributed by atoms with Crippen molar-refractivity contribution in [2.45, 2.75) is 20.0 Å². The Bertz CT molecular complexity index is 688. The van der Waals surface area contributed by atoms with Crippen LogP contribution >= 0.6 is 27.5 Å². The number of aryl methyl sites for hydroxylation is 1. The molecule has 0 heterocycles. The maximum absolute atomic E-state index is 14.2. The number of methoxy groups -OCH3 is 1. The van der Waals surface area contributed by atoms with Crippen LogP contribution in [0.15, 0.2) is 28.7 Å². The van der Waals surface area contributed by atoms with Gasteiger partial charge in [-0.25, -0.2) is 4.39 Å². The molecule has 0 amide bonds. The highest BCUT2D eigenvalue weighted by atomic mass is 79.9. The van der Waals surface area contributed by atoms with Crippen LogP contribution in [0.3, 0.4) is 0 Å². The maximum Gasteiger partial charge on any atom is 0.147 e. The van der Waals surface area contributed by atoms with Crippen LogP contribution in [-0.4, -0.2) is 12.2 Å². The summed E-state index contributed by atoms with van der Waals surface area (Å²) >= 11 is 9.24. The molecule has 2 aromatic carbocycles. The molecule has 0 aliphatic heterocycles. The predicted molar refractivity (Wildman–Crippen MR) is 85.6 cm³/mol. The quantitative estimate of drug-likeness (QED) is 0.825. The van der Waals surface area contributed by atoms with E-state index >= 15 is 0 Å². The highest BCUT2D eigenvalue weighted by Crippen LogP contribution is 2.40. The fourth-order valence-electron chi connectivity index (χ4n) is 2.36. The van der Waals surface area contributed by atoms with Crippen molar-refractivity contribution in [2.75, 3.05) is 7.11 Å². The number of benzene rings is 2. The molecule has 0 bridgehead atoms. The van der Waals surface area contributed by atoms with Gasteiger partial charge in [0.25, 0.3) is 0 Å². The minimum absolute atomic E-state index is 0.0186. The summed E-state index contributed by atoms with van der Waals surface area (Å²) in [6.45, 7) is 3.71. The highest BCUT2D eigenvalue weighted by Gasteiger charge is 2.24. The molecule has 112 valence electrons. The third-order valence-corrected chi connectivity index (χ3v) is 4.58. The van der Waals surface area contributed by atoms with Crippen LogP contribution in [0, 0.1) is 19.7 Å². The molecule has 0 spiro atoms. The molecule has 0 saturated carbocycles. The van der Waals surface area contributed by atoms with Crippen molar-refractivity contribution in [3.05, 3.63) is 61.8 Å². The summed E-state index contributed by atoms with van der Waals surface area (Å²) in [7, 11) is 1.53. The van der Waals surface area contributed by atoms with Gasteiger partial charge in [0.05, 0.1) is 12.1 Å². The molecule has 21 heavy (non-hydrogen) atoms. The first-order chi connectivity index (χ1) is 9.88. The molecular formula is C16H15BrClFO2. The zero-order valence-electron chi connectivity index (χ0n) is 11.9. The second-order valence-corrected chi connectivity index (χ2v) is 6.05. The molecular weight excluding hydrogens is 359 g/mol. The van der Waals surface area contributed by atoms with Crippen LogP contribution in [0.2, 0.25) is 5.02 Å². The van der Waals surface area contributed by atoms with Crippen molar-refractivity contribution in [3.8, 4) is 5.75 Å². The molecule has 2 rings (SSSR count). The molecule has 0 radical (unpaired) electrons. The largest absolute Gasteiger partial charge is 0.496 e. The lowest BCUT2D eigenvalue weighted by atomic mass is 9.94. The minimum atomic E-state index is -1.16. The van der Waals surface area contributed by atoms with Gasteiger partial charge in [-0.3, -0.25) is 0 Å². The van der Waals surface area contributed by atoms with Crippen molar-refractivity contribution < 1.29 is 14.2 Å². The Labute approximate surface area is 136 Å². The first-order valence-corrected chi connectivity index (χ1v) is 7.51. The lowest BCUT2D eigenvalue weighted by Crippen LogP contribution is -2.08. The van der Waals surface area contributed by atoms with Crippen LogP contribution in [0.4, 0.5) is 4.39 Å². The van der Waals surface area contributed by atoms with Crippen molar-refractivity contribution in [2.24, 2.45) is 0 Å². The molecule has 1 atom stereocenters. The van der Waals surface area contributed by atoms with E-state index < -0.39 is 11.9 Å². The Morgan fingerprint density at radius 1 is 1.33 bits per heavy atom. The van der Waals surface area contributed by atoms with Crippen LogP contribution in [0.5, 0.6) is 5.75 Å². The molecule has 1 unspecified atom stereocenters. The van der Waals surface area contributed by atoms with Gasteiger partial charge >= 0.3 is 0 Å². The van der Waals surface area contributed by atoms with Crippen LogP contribution in [0.25, 0.3) is 0 Å². The SMILES string of the molecule is COc1c(C)cc(Br)c(C)c1C(O)c1cccc(Cl)c1F. The van der Waals surface area contributed by atoms with Gasteiger partial charge in [0.2, 0.25) is 0 Å². The van der Waals surface area contributed by atoms with Gasteiger partial charge in [0.1, 0.15) is 17.7 Å². The summed E-state index contributed by atoms with van der Waals surface area (Å²) in [4.78, 5) is 0. The number of hydrogen-bond acceptors (Lipinski definition) is 2. The Kier molecular flexibility index (Phi) is 4.91. The lowest BCUT2D eigenvalue weighted by molar-refractivity contribution is 0.208. The monoisotopic (exact) mass is 372 g/mol. The van der Waals surface area contributed by atoms with E-state index in [2.05, 4.69) is 15.9 Å². The Morgan fingerprint density at radius 3 is 2.62 bits per heavy atom. The van der Waals surface area contributed by atoms with Gasteiger partial charge in [-0.2, -0.15) is 0 Å². The maximum atomic E-state index is 14.2. The zero-order valence-corrected chi connectivity index (χ0v) is 14.2. The zero-order chi connectivity index (χ0) is 15.7. The molecule has 1 N–H and O–H groups in total. The van der Waals surface area contributed by atoms with Gasteiger partial charge in [0, 0.05) is 15.6 Å². The fourth-order valence-corrected chi connectivity index (χ4v) is 3.10. The molecule has 5 heteroatoms. The number of aliphatic hydroxyl groups is 1. The fraction of sp³-hybridized carbons (Fsp3) is 0.250. The average Bonchev–Trinajstić information content (AvgIpc) is 2.44. The Balaban J connectivity index is 2.68. The third kappa shape index (κ3) is 2.93. The molecule has 0 aliphatic rings. The van der Waals surface area contributed by atoms with E-state index in [1.54, 1.807) is 6.07 Å². The minimum Gasteiger partial charge on any atom is -0.496 e. The molecule has 0 aliphatic carbocycles. The number of rotatable bonds is 3. The molecule has 0 saturated heterocycles. The van der Waals surface area contributed by atoms with Gasteiger partial charge in [-0.1, -0.05) is 39.7 Å². The second kappa shape index (κ2) is 6.34. The van der Waals surface area contributed by atoms with Crippen LogP contribution < -0.4 is 4.74 Å². The van der Waals surface area contributed by atoms with E-state index in [1.807, 2.05) is 19.9 Å². The number of aliphatic hydroxyl groups excluding tert-OH is 1. The van der Waals surface area contributed by atoms with Gasteiger partial charge in [-0.15, -0.1) is 0 Å². The van der Waals surface area contributed by atoms with Gasteiger partial charge < -0.3 is 9.84 Å². The van der Waals surface area contributed by atoms with Gasteiger partial charge in [0.15, 0.2) is 0 Å². The highest BCUT2D eigenvalue weighted by molar-refractivity contribution is 9.10. The van der Waals surface area contributed by atoms with E-state index in [1.165, 1.54) is 19.2 Å². The summed E-state index contributed by atoms with van der Waals surface area (Å²) in [6.07, 6.45) is -1.16. The predicted octanol–water partition coefficient (Wildman–Crippen LogP) is 4.95. The van der Waals surface area contributed by atoms with Gasteiger partial charge in [-0.05, 0) is 37.1 Å². The summed E-state index contributed by atoms with van der Waals surface area (Å²) in [5.74, 6) is -0.0756. The Morgan fingerprint density at radius 2 is 2.00 bits per heavy atom. The van der Waals surface area contributed by atoms with E-state index in [4.69, 9.17) is 16.3 Å². The van der Waals surface area contributed by atoms with Crippen LogP contribution in [0.1, 0.15) is 28.4 Å². The first-order valence-electron chi connectivity index (χ1n) is 6.34. The summed E-state index contributed by atoms with van der Waals surface area (Å²) < 4.78 is 20.4. The van der Waals surface area contributed by atoms with E-state index in [9.17, 15) is 9.50 Å². The third-order valence-electron chi connectivity index (χ3n) is 3.46. The van der Waals surface area contributed by atoms with Crippen molar-refractivity contribution >= 4 is 27.5 Å². The van der Waals surface area contributed by atoms with E-state index in [0.717, 1.165) is 15.6 Å². The average molecular weight is 374 g/mol. The molecule has 0 aromatic heterocycles. The molecule has 2 aromatic rings. The van der Waals surface area contributed by atoms with Crippen molar-refractivity contribution in [1.82, 2.24) is 0 Å². The Hall–Kier alpha value is -1.10. The smallest absolute Gasteiger partial charge is 0.147 e. The van der Waals surface area contributed by atoms with Crippen LogP contribution in [-0.2, 0) is 0 Å². The van der Waals surface area contributed by atoms with E-state index in [0.29, 0.717) is 11.3 Å². The second-order valence-electron chi connectivity index (χ2n) is 4.79. The topological polar surface area (TPSA) is 29.5 Å². The standard InChI is InChI=1S/C16H15BrClFO2/c1-8-7-11(17)9(2)13(16(8)21-3)15(20)10-5-4-6-12(18)14(10)19/h4-7,15,20H,1-3H3. The summed E-state index contributed by atoms with van der Waals surface area (Å²) in [5, 5.41) is 10.6. The summed E-state index contributed by atoms with van der Waals surface area (Å²) in [6, 6.07) is 6.47.